The lowest BCUT2D eigenvalue weighted by atomic mass is 10.1. The van der Waals surface area contributed by atoms with Crippen LogP contribution in [0.3, 0.4) is 0 Å². The molecule has 7 nitrogen and oxygen atoms in total. The van der Waals surface area contributed by atoms with E-state index in [1.807, 2.05) is 36.4 Å². The summed E-state index contributed by atoms with van der Waals surface area (Å²) in [6.45, 7) is 4.03. The zero-order valence-electron chi connectivity index (χ0n) is 20.1. The van der Waals surface area contributed by atoms with Gasteiger partial charge in [-0.05, 0) is 63.2 Å². The Kier molecular flexibility index (Phi) is 8.20. The maximum Gasteiger partial charge on any atom is 0.252 e. The Morgan fingerprint density at radius 3 is 2.56 bits per heavy atom. The van der Waals surface area contributed by atoms with Gasteiger partial charge in [0.1, 0.15) is 17.3 Å². The Bertz CT molecular complexity index is 1110. The van der Waals surface area contributed by atoms with Crippen LogP contribution >= 0.6 is 0 Å². The molecule has 0 bridgehead atoms. The van der Waals surface area contributed by atoms with Crippen LogP contribution in [0.5, 0.6) is 11.5 Å². The number of ether oxygens (including phenoxy) is 2. The number of nitrogens with zero attached hydrogens (tertiary/aromatic N) is 2. The molecule has 0 atom stereocenters. The number of nitrogens with one attached hydrogen (secondary N) is 2. The molecule has 4 rings (SSSR count). The van der Waals surface area contributed by atoms with Crippen LogP contribution in [-0.4, -0.2) is 56.2 Å². The average Bonchev–Trinajstić information content (AvgIpc) is 3.15. The number of carbonyl (C=O) groups excluding carboxylic acids is 1. The second kappa shape index (κ2) is 11.7. The molecular formula is C27H34N4O3. The van der Waals surface area contributed by atoms with E-state index in [9.17, 15) is 4.79 Å². The molecule has 0 aliphatic carbocycles. The first kappa shape index (κ1) is 23.8. The van der Waals surface area contributed by atoms with E-state index in [0.29, 0.717) is 29.4 Å². The standard InChI is InChI=1S/C27H34N4O3/c1-33-20-12-13-24(25(18-20)34-2)30-26-19-22(21-10-5-6-11-23(21)29-26)27(32)28-14-9-17-31-15-7-3-4-8-16-31/h5-6,10-13,18-19H,3-4,7-9,14-17H2,1-2H3,(H,28,32)(H,29,30). The summed E-state index contributed by atoms with van der Waals surface area (Å²) >= 11 is 0. The molecule has 0 radical (unpaired) electrons. The topological polar surface area (TPSA) is 75.7 Å². The summed E-state index contributed by atoms with van der Waals surface area (Å²) in [6.07, 6.45) is 6.18. The summed E-state index contributed by atoms with van der Waals surface area (Å²) in [6, 6.07) is 15.0. The van der Waals surface area contributed by atoms with Crippen molar-refractivity contribution in [3.63, 3.8) is 0 Å². The van der Waals surface area contributed by atoms with Gasteiger partial charge < -0.3 is 25.0 Å². The fraction of sp³-hybridized carbons (Fsp3) is 0.407. The first-order valence-electron chi connectivity index (χ1n) is 12.1. The highest BCUT2D eigenvalue weighted by Gasteiger charge is 2.15. The summed E-state index contributed by atoms with van der Waals surface area (Å²) in [5.74, 6) is 1.83. The number of rotatable bonds is 9. The smallest absolute Gasteiger partial charge is 0.252 e. The fourth-order valence-electron chi connectivity index (χ4n) is 4.43. The highest BCUT2D eigenvalue weighted by atomic mass is 16.5. The third-order valence-corrected chi connectivity index (χ3v) is 6.27. The van der Waals surface area contributed by atoms with Crippen molar-refractivity contribution < 1.29 is 14.3 Å². The Balaban J connectivity index is 1.48. The van der Waals surface area contributed by atoms with Gasteiger partial charge in [0.15, 0.2) is 0 Å². The average molecular weight is 463 g/mol. The van der Waals surface area contributed by atoms with Crippen LogP contribution in [0, 0.1) is 0 Å². The quantitative estimate of drug-likeness (QED) is 0.436. The summed E-state index contributed by atoms with van der Waals surface area (Å²) < 4.78 is 10.8. The number of anilines is 2. The minimum Gasteiger partial charge on any atom is -0.497 e. The van der Waals surface area contributed by atoms with Crippen molar-refractivity contribution in [2.75, 3.05) is 45.7 Å². The predicted octanol–water partition coefficient (Wildman–Crippen LogP) is 4.99. The Morgan fingerprint density at radius 1 is 1.00 bits per heavy atom. The second-order valence-electron chi connectivity index (χ2n) is 8.63. The number of para-hydroxylation sites is 1. The zero-order chi connectivity index (χ0) is 23.8. The zero-order valence-corrected chi connectivity index (χ0v) is 20.1. The van der Waals surface area contributed by atoms with E-state index < -0.39 is 0 Å². The van der Waals surface area contributed by atoms with Crippen LogP contribution in [0.15, 0.2) is 48.5 Å². The summed E-state index contributed by atoms with van der Waals surface area (Å²) in [7, 11) is 3.23. The first-order valence-corrected chi connectivity index (χ1v) is 12.1. The van der Waals surface area contributed by atoms with E-state index in [0.717, 1.165) is 29.6 Å². The molecule has 180 valence electrons. The van der Waals surface area contributed by atoms with E-state index in [1.165, 1.54) is 38.8 Å². The van der Waals surface area contributed by atoms with Gasteiger partial charge in [0, 0.05) is 18.0 Å². The van der Waals surface area contributed by atoms with Gasteiger partial charge in [-0.1, -0.05) is 31.0 Å². The molecule has 34 heavy (non-hydrogen) atoms. The van der Waals surface area contributed by atoms with Crippen molar-refractivity contribution in [3.8, 4) is 11.5 Å². The molecule has 1 aliphatic heterocycles. The summed E-state index contributed by atoms with van der Waals surface area (Å²) in [4.78, 5) is 20.4. The number of pyridine rings is 1. The molecule has 2 heterocycles. The van der Waals surface area contributed by atoms with E-state index >= 15 is 0 Å². The van der Waals surface area contributed by atoms with Crippen molar-refractivity contribution >= 4 is 28.3 Å². The molecule has 1 aliphatic rings. The lowest BCUT2D eigenvalue weighted by molar-refractivity contribution is 0.0953. The third-order valence-electron chi connectivity index (χ3n) is 6.27. The van der Waals surface area contributed by atoms with E-state index in [-0.39, 0.29) is 5.91 Å². The summed E-state index contributed by atoms with van der Waals surface area (Å²) in [5.41, 5.74) is 2.11. The van der Waals surface area contributed by atoms with Crippen molar-refractivity contribution in [2.45, 2.75) is 32.1 Å². The van der Waals surface area contributed by atoms with E-state index in [1.54, 1.807) is 26.4 Å². The highest BCUT2D eigenvalue weighted by molar-refractivity contribution is 6.07. The van der Waals surface area contributed by atoms with Gasteiger partial charge in [0.25, 0.3) is 5.91 Å². The molecule has 1 fully saturated rings. The molecular weight excluding hydrogens is 428 g/mol. The lowest BCUT2D eigenvalue weighted by Crippen LogP contribution is -2.30. The normalized spacial score (nSPS) is 14.4. The highest BCUT2D eigenvalue weighted by Crippen LogP contribution is 2.32. The van der Waals surface area contributed by atoms with Crippen LogP contribution < -0.4 is 20.1 Å². The molecule has 0 spiro atoms. The van der Waals surface area contributed by atoms with Crippen LogP contribution in [0.4, 0.5) is 11.5 Å². The number of amides is 1. The number of methoxy groups -OCH3 is 2. The van der Waals surface area contributed by atoms with Gasteiger partial charge in [-0.2, -0.15) is 0 Å². The Labute approximate surface area is 201 Å². The van der Waals surface area contributed by atoms with Crippen molar-refractivity contribution in [3.05, 3.63) is 54.1 Å². The van der Waals surface area contributed by atoms with Crippen molar-refractivity contribution in [1.29, 1.82) is 0 Å². The SMILES string of the molecule is COc1ccc(Nc2cc(C(=O)NCCCN3CCCCCC3)c3ccccc3n2)c(OC)c1. The lowest BCUT2D eigenvalue weighted by Gasteiger charge is -2.19. The molecule has 7 heteroatoms. The minimum absolute atomic E-state index is 0.0841. The Hall–Kier alpha value is -3.32. The van der Waals surface area contributed by atoms with Gasteiger partial charge in [-0.15, -0.1) is 0 Å². The Morgan fingerprint density at radius 2 is 1.79 bits per heavy atom. The van der Waals surface area contributed by atoms with Gasteiger partial charge >= 0.3 is 0 Å². The maximum atomic E-state index is 13.2. The fourth-order valence-corrected chi connectivity index (χ4v) is 4.43. The molecule has 2 N–H and O–H groups in total. The molecule has 0 unspecified atom stereocenters. The number of benzene rings is 2. The number of hydrogen-bond donors (Lipinski definition) is 2. The summed E-state index contributed by atoms with van der Waals surface area (Å²) in [5, 5.41) is 7.25. The van der Waals surface area contributed by atoms with Gasteiger partial charge in [-0.3, -0.25) is 4.79 Å². The number of hydrogen-bond acceptors (Lipinski definition) is 6. The number of carbonyl (C=O) groups is 1. The minimum atomic E-state index is -0.0841. The number of aromatic nitrogens is 1. The van der Waals surface area contributed by atoms with Crippen molar-refractivity contribution in [2.24, 2.45) is 0 Å². The number of likely N-dealkylation sites (tertiary alicyclic amines) is 1. The van der Waals surface area contributed by atoms with Gasteiger partial charge in [0.05, 0.1) is 31.0 Å². The first-order chi connectivity index (χ1) is 16.7. The number of fused-ring (bicyclic) bond motifs is 1. The predicted molar refractivity (Wildman–Crippen MR) is 136 cm³/mol. The third kappa shape index (κ3) is 5.97. The van der Waals surface area contributed by atoms with E-state index in [2.05, 4.69) is 15.5 Å². The molecule has 3 aromatic rings. The van der Waals surface area contributed by atoms with Crippen LogP contribution in [0.2, 0.25) is 0 Å². The van der Waals surface area contributed by atoms with Gasteiger partial charge in [-0.25, -0.2) is 4.98 Å². The van der Waals surface area contributed by atoms with E-state index in [4.69, 9.17) is 14.5 Å². The monoisotopic (exact) mass is 462 g/mol. The maximum absolute atomic E-state index is 13.2. The second-order valence-corrected chi connectivity index (χ2v) is 8.63. The van der Waals surface area contributed by atoms with Crippen LogP contribution in [-0.2, 0) is 0 Å². The van der Waals surface area contributed by atoms with Crippen LogP contribution in [0.25, 0.3) is 10.9 Å². The van der Waals surface area contributed by atoms with Crippen LogP contribution in [0.1, 0.15) is 42.5 Å². The molecule has 1 aromatic heterocycles. The molecule has 2 aromatic carbocycles. The molecule has 1 saturated heterocycles. The molecule has 0 saturated carbocycles. The molecule has 1 amide bonds. The van der Waals surface area contributed by atoms with Gasteiger partial charge in [0.2, 0.25) is 0 Å². The van der Waals surface area contributed by atoms with Crippen molar-refractivity contribution in [1.82, 2.24) is 15.2 Å². The largest absolute Gasteiger partial charge is 0.497 e.